The van der Waals surface area contributed by atoms with Crippen molar-refractivity contribution in [1.29, 1.82) is 0 Å². The van der Waals surface area contributed by atoms with Gasteiger partial charge in [0.25, 0.3) is 0 Å². The molecule has 0 aliphatic carbocycles. The van der Waals surface area contributed by atoms with Crippen molar-refractivity contribution < 1.29 is 9.53 Å². The van der Waals surface area contributed by atoms with Gasteiger partial charge in [0.05, 0.1) is 5.69 Å². The smallest absolute Gasteiger partial charge is 0.321 e. The number of urea groups is 1. The number of benzene rings is 2. The van der Waals surface area contributed by atoms with Crippen molar-refractivity contribution in [1.82, 2.24) is 20.1 Å². The van der Waals surface area contributed by atoms with Crippen LogP contribution < -0.4 is 10.1 Å². The van der Waals surface area contributed by atoms with Gasteiger partial charge in [0, 0.05) is 19.0 Å². The molecule has 144 valence electrons. The first-order valence-electron chi connectivity index (χ1n) is 9.36. The Morgan fingerprint density at radius 3 is 2.71 bits per heavy atom. The van der Waals surface area contributed by atoms with E-state index in [1.807, 2.05) is 56.3 Å². The molecule has 7 nitrogen and oxygen atoms in total. The van der Waals surface area contributed by atoms with E-state index in [1.165, 1.54) is 6.33 Å². The molecule has 7 heteroatoms. The molecule has 1 fully saturated rings. The van der Waals surface area contributed by atoms with Crippen LogP contribution in [0.15, 0.2) is 48.8 Å². The number of para-hydroxylation sites is 3. The second-order valence-electron chi connectivity index (χ2n) is 7.05. The highest BCUT2D eigenvalue weighted by molar-refractivity contribution is 5.91. The van der Waals surface area contributed by atoms with E-state index in [-0.39, 0.29) is 11.9 Å². The number of hydrogen-bond acceptors (Lipinski definition) is 4. The summed E-state index contributed by atoms with van der Waals surface area (Å²) in [5, 5.41) is 9.79. The summed E-state index contributed by atoms with van der Waals surface area (Å²) in [7, 11) is 0. The lowest BCUT2D eigenvalue weighted by Crippen LogP contribution is -2.33. The van der Waals surface area contributed by atoms with Crippen molar-refractivity contribution in [2.24, 2.45) is 0 Å². The number of ether oxygens (including phenoxy) is 1. The third-order valence-electron chi connectivity index (χ3n) is 5.05. The van der Waals surface area contributed by atoms with Crippen molar-refractivity contribution in [3.63, 3.8) is 0 Å². The largest absolute Gasteiger partial charge is 0.455 e. The monoisotopic (exact) mass is 377 g/mol. The first-order chi connectivity index (χ1) is 13.6. The number of aryl methyl sites for hydroxylation is 2. The minimum Gasteiger partial charge on any atom is -0.455 e. The number of carbonyl (C=O) groups is 1. The number of rotatable bonds is 4. The summed E-state index contributed by atoms with van der Waals surface area (Å²) in [5.41, 5.74) is 2.75. The van der Waals surface area contributed by atoms with Crippen LogP contribution in [0, 0.1) is 13.8 Å². The van der Waals surface area contributed by atoms with Gasteiger partial charge >= 0.3 is 6.03 Å². The number of aromatic nitrogens is 3. The molecular formula is C21H23N5O2. The lowest BCUT2D eigenvalue weighted by atomic mass is 10.1. The van der Waals surface area contributed by atoms with Crippen LogP contribution in [-0.4, -0.2) is 39.2 Å². The van der Waals surface area contributed by atoms with E-state index in [0.717, 1.165) is 29.1 Å². The number of likely N-dealkylation sites (tertiary alicyclic amines) is 1. The molecule has 3 aromatic rings. The normalized spacial score (nSPS) is 16.2. The van der Waals surface area contributed by atoms with E-state index < -0.39 is 0 Å². The molecular weight excluding hydrogens is 354 g/mol. The fourth-order valence-electron chi connectivity index (χ4n) is 3.50. The van der Waals surface area contributed by atoms with Crippen molar-refractivity contribution in [3.05, 3.63) is 65.7 Å². The molecule has 1 aromatic heterocycles. The van der Waals surface area contributed by atoms with Crippen LogP contribution in [0.25, 0.3) is 0 Å². The van der Waals surface area contributed by atoms with E-state index in [1.54, 1.807) is 4.90 Å². The van der Waals surface area contributed by atoms with Crippen molar-refractivity contribution in [3.8, 4) is 11.5 Å². The highest BCUT2D eigenvalue weighted by atomic mass is 16.5. The van der Waals surface area contributed by atoms with Crippen molar-refractivity contribution >= 4 is 11.7 Å². The van der Waals surface area contributed by atoms with Crippen LogP contribution in [0.2, 0.25) is 0 Å². The number of H-pyrrole nitrogens is 1. The Morgan fingerprint density at radius 2 is 1.96 bits per heavy atom. The van der Waals surface area contributed by atoms with E-state index >= 15 is 0 Å². The summed E-state index contributed by atoms with van der Waals surface area (Å²) in [6, 6.07) is 13.4. The minimum absolute atomic E-state index is 0.139. The molecule has 4 rings (SSSR count). The van der Waals surface area contributed by atoms with Crippen LogP contribution in [0.5, 0.6) is 11.5 Å². The predicted molar refractivity (Wildman–Crippen MR) is 107 cm³/mol. The minimum atomic E-state index is -0.139. The number of nitrogens with one attached hydrogen (secondary N) is 2. The summed E-state index contributed by atoms with van der Waals surface area (Å²) in [6.07, 6.45) is 2.36. The quantitative estimate of drug-likeness (QED) is 0.712. The number of hydrogen-bond donors (Lipinski definition) is 2. The highest BCUT2D eigenvalue weighted by Crippen LogP contribution is 2.34. The molecule has 0 spiro atoms. The molecule has 2 amide bonds. The van der Waals surface area contributed by atoms with Crippen LogP contribution in [0.1, 0.15) is 29.3 Å². The number of amides is 2. The summed E-state index contributed by atoms with van der Waals surface area (Å²) in [5.74, 6) is 2.46. The Bertz CT molecular complexity index is 950. The molecule has 2 aromatic carbocycles. The predicted octanol–water partition coefficient (Wildman–Crippen LogP) is 4.24. The molecule has 2 N–H and O–H groups in total. The maximum atomic E-state index is 12.8. The number of carbonyl (C=O) groups excluding carboxylic acids is 1. The summed E-state index contributed by atoms with van der Waals surface area (Å²) in [6.45, 7) is 5.31. The fraction of sp³-hybridized carbons (Fsp3) is 0.286. The summed E-state index contributed by atoms with van der Waals surface area (Å²) in [4.78, 5) is 18.8. The maximum absolute atomic E-state index is 12.8. The highest BCUT2D eigenvalue weighted by Gasteiger charge is 2.29. The Balaban J connectivity index is 1.48. The van der Waals surface area contributed by atoms with Crippen molar-refractivity contribution in [2.45, 2.75) is 26.2 Å². The van der Waals surface area contributed by atoms with Crippen LogP contribution in [0.4, 0.5) is 10.5 Å². The molecule has 1 atom stereocenters. The van der Waals surface area contributed by atoms with E-state index in [4.69, 9.17) is 4.74 Å². The third-order valence-corrected chi connectivity index (χ3v) is 5.05. The first-order valence-corrected chi connectivity index (χ1v) is 9.36. The Labute approximate surface area is 163 Å². The van der Waals surface area contributed by atoms with Gasteiger partial charge in [0.15, 0.2) is 5.75 Å². The Morgan fingerprint density at radius 1 is 1.18 bits per heavy atom. The van der Waals surface area contributed by atoms with Gasteiger partial charge < -0.3 is 15.0 Å². The Kier molecular flexibility index (Phi) is 4.97. The van der Waals surface area contributed by atoms with Gasteiger partial charge in [-0.3, -0.25) is 5.10 Å². The van der Waals surface area contributed by atoms with Crippen LogP contribution in [-0.2, 0) is 0 Å². The van der Waals surface area contributed by atoms with E-state index in [9.17, 15) is 4.79 Å². The molecule has 1 aliphatic rings. The molecule has 0 saturated carbocycles. The van der Waals surface area contributed by atoms with E-state index in [2.05, 4.69) is 20.5 Å². The molecule has 1 aliphatic heterocycles. The summed E-state index contributed by atoms with van der Waals surface area (Å²) < 4.78 is 6.16. The summed E-state index contributed by atoms with van der Waals surface area (Å²) >= 11 is 0. The van der Waals surface area contributed by atoms with Gasteiger partial charge in [-0.15, -0.1) is 0 Å². The van der Waals surface area contributed by atoms with Gasteiger partial charge in [-0.25, -0.2) is 9.78 Å². The lowest BCUT2D eigenvalue weighted by molar-refractivity contribution is 0.222. The molecule has 28 heavy (non-hydrogen) atoms. The SMILES string of the molecule is Cc1cccc(C)c1Oc1ccccc1NC(=O)N1CCC(c2ncn[nH]2)C1. The molecule has 1 unspecified atom stereocenters. The van der Waals surface area contributed by atoms with Crippen LogP contribution >= 0.6 is 0 Å². The van der Waals surface area contributed by atoms with Gasteiger partial charge in [-0.1, -0.05) is 30.3 Å². The maximum Gasteiger partial charge on any atom is 0.321 e. The molecule has 0 radical (unpaired) electrons. The second kappa shape index (κ2) is 7.72. The van der Waals surface area contributed by atoms with E-state index in [0.29, 0.717) is 24.5 Å². The molecule has 0 bridgehead atoms. The number of aromatic amines is 1. The van der Waals surface area contributed by atoms with Gasteiger partial charge in [-0.05, 0) is 43.5 Å². The Hall–Kier alpha value is -3.35. The number of nitrogens with zero attached hydrogens (tertiary/aromatic N) is 3. The number of anilines is 1. The van der Waals surface area contributed by atoms with Crippen LogP contribution in [0.3, 0.4) is 0 Å². The molecule has 2 heterocycles. The first kappa shape index (κ1) is 18.0. The van der Waals surface area contributed by atoms with Gasteiger partial charge in [0.2, 0.25) is 0 Å². The zero-order chi connectivity index (χ0) is 19.5. The lowest BCUT2D eigenvalue weighted by Gasteiger charge is -2.19. The topological polar surface area (TPSA) is 83.1 Å². The second-order valence-corrected chi connectivity index (χ2v) is 7.05. The zero-order valence-electron chi connectivity index (χ0n) is 16.0. The third kappa shape index (κ3) is 3.69. The van der Waals surface area contributed by atoms with Gasteiger partial charge in [-0.2, -0.15) is 5.10 Å². The standard InChI is InChI=1S/C21H23N5O2/c1-14-6-5-7-15(2)19(14)28-18-9-4-3-8-17(18)24-21(27)26-11-10-16(12-26)20-22-13-23-25-20/h3-9,13,16H,10-12H2,1-2H3,(H,24,27)(H,22,23,25). The average Bonchev–Trinajstić information content (AvgIpc) is 3.37. The average molecular weight is 377 g/mol. The molecule has 1 saturated heterocycles. The fourth-order valence-corrected chi connectivity index (χ4v) is 3.50. The zero-order valence-corrected chi connectivity index (χ0v) is 16.0. The van der Waals surface area contributed by atoms with Crippen molar-refractivity contribution in [2.75, 3.05) is 18.4 Å². The van der Waals surface area contributed by atoms with Gasteiger partial charge in [0.1, 0.15) is 17.9 Å².